The van der Waals surface area contributed by atoms with E-state index in [9.17, 15) is 4.79 Å². The number of likely N-dealkylation sites (tertiary alicyclic amines) is 1. The number of rotatable bonds is 6. The molecule has 4 heterocycles. The van der Waals surface area contributed by atoms with Crippen molar-refractivity contribution in [1.29, 1.82) is 0 Å². The summed E-state index contributed by atoms with van der Waals surface area (Å²) in [5, 5.41) is 12.0. The summed E-state index contributed by atoms with van der Waals surface area (Å²) in [6.07, 6.45) is 6.08. The minimum absolute atomic E-state index is 0.0484. The van der Waals surface area contributed by atoms with E-state index >= 15 is 0 Å². The molecule has 182 valence electrons. The Bertz CT molecular complexity index is 1540. The second-order valence-corrected chi connectivity index (χ2v) is 9.45. The van der Waals surface area contributed by atoms with E-state index < -0.39 is 0 Å². The highest BCUT2D eigenvalue weighted by Crippen LogP contribution is 2.34. The number of fused-ring (bicyclic) bond motifs is 2. The number of carbonyl (C=O) groups excluding carboxylic acids is 1. The van der Waals surface area contributed by atoms with Crippen LogP contribution in [0, 0.1) is 0 Å². The molecule has 0 radical (unpaired) electrons. The summed E-state index contributed by atoms with van der Waals surface area (Å²) in [5.74, 6) is 0.536. The molecule has 0 spiro atoms. The monoisotopic (exact) mass is 479 g/mol. The van der Waals surface area contributed by atoms with E-state index in [0.717, 1.165) is 69.6 Å². The average molecular weight is 480 g/mol. The van der Waals surface area contributed by atoms with Gasteiger partial charge in [-0.05, 0) is 73.5 Å². The summed E-state index contributed by atoms with van der Waals surface area (Å²) in [6.45, 7) is 3.02. The Morgan fingerprint density at radius 3 is 2.78 bits per heavy atom. The predicted molar refractivity (Wildman–Crippen MR) is 145 cm³/mol. The Labute approximate surface area is 208 Å². The van der Waals surface area contributed by atoms with Crippen LogP contribution >= 0.6 is 0 Å². The van der Waals surface area contributed by atoms with Crippen LogP contribution in [0.5, 0.6) is 0 Å². The fourth-order valence-corrected chi connectivity index (χ4v) is 5.07. The fourth-order valence-electron chi connectivity index (χ4n) is 5.07. The van der Waals surface area contributed by atoms with Crippen molar-refractivity contribution in [2.45, 2.75) is 25.7 Å². The molecule has 5 aromatic rings. The Morgan fingerprint density at radius 2 is 1.89 bits per heavy atom. The molecule has 1 fully saturated rings. The maximum absolute atomic E-state index is 12.6. The zero-order valence-corrected chi connectivity index (χ0v) is 20.1. The van der Waals surface area contributed by atoms with Crippen LogP contribution in [0.2, 0.25) is 0 Å². The van der Waals surface area contributed by atoms with E-state index in [1.807, 2.05) is 36.4 Å². The number of nitrogens with one attached hydrogen (secondary N) is 3. The molecule has 36 heavy (non-hydrogen) atoms. The van der Waals surface area contributed by atoms with Crippen molar-refractivity contribution in [2.24, 2.45) is 0 Å². The van der Waals surface area contributed by atoms with Crippen molar-refractivity contribution in [2.75, 3.05) is 30.7 Å². The molecule has 0 bridgehead atoms. The first kappa shape index (κ1) is 22.3. The maximum Gasteiger partial charge on any atom is 0.225 e. The molecule has 0 unspecified atom stereocenters. The van der Waals surface area contributed by atoms with Gasteiger partial charge in [-0.25, -0.2) is 4.98 Å². The first-order chi connectivity index (χ1) is 17.6. The second kappa shape index (κ2) is 9.47. The van der Waals surface area contributed by atoms with Gasteiger partial charge in [0, 0.05) is 46.9 Å². The molecule has 8 heteroatoms. The van der Waals surface area contributed by atoms with Crippen molar-refractivity contribution < 1.29 is 4.79 Å². The van der Waals surface area contributed by atoms with E-state index in [1.54, 1.807) is 6.20 Å². The summed E-state index contributed by atoms with van der Waals surface area (Å²) < 4.78 is 0. The molecule has 1 saturated heterocycles. The van der Waals surface area contributed by atoms with E-state index in [4.69, 9.17) is 5.73 Å². The standard InChI is InChI=1S/C28H29N7O/c29-27-23-16-18(7-8-24(23)33-34-27)21-9-11-30-28-22(21)17-25(32-28)19-5-4-6-20(15-19)31-26(36)10-14-35-12-2-1-3-13-35/h4-9,11,15-17H,1-3,10,12-14H2,(H,30,32)(H,31,36)(H3,29,33,34). The SMILES string of the molecule is Nc1n[nH]c2ccc(-c3ccnc4[nH]c(-c5cccc(NC(=O)CCN6CCCCC6)c5)cc34)cc12. The number of carbonyl (C=O) groups is 1. The third kappa shape index (κ3) is 4.43. The Hall–Kier alpha value is -4.17. The first-order valence-corrected chi connectivity index (χ1v) is 12.5. The number of H-pyrrole nitrogens is 2. The average Bonchev–Trinajstić information content (AvgIpc) is 3.52. The third-order valence-corrected chi connectivity index (χ3v) is 7.00. The molecule has 0 atom stereocenters. The highest BCUT2D eigenvalue weighted by Gasteiger charge is 2.14. The molecule has 2 aromatic carbocycles. The number of nitrogens with two attached hydrogens (primary N) is 1. The van der Waals surface area contributed by atoms with Gasteiger partial charge in [0.15, 0.2) is 5.82 Å². The second-order valence-electron chi connectivity index (χ2n) is 9.45. The van der Waals surface area contributed by atoms with Crippen LogP contribution in [0.1, 0.15) is 25.7 Å². The van der Waals surface area contributed by atoms with Gasteiger partial charge >= 0.3 is 0 Å². The lowest BCUT2D eigenvalue weighted by Crippen LogP contribution is -2.32. The minimum Gasteiger partial charge on any atom is -0.382 e. The first-order valence-electron chi connectivity index (χ1n) is 12.5. The van der Waals surface area contributed by atoms with Crippen molar-refractivity contribution >= 4 is 39.3 Å². The van der Waals surface area contributed by atoms with Crippen LogP contribution in [0.25, 0.3) is 44.3 Å². The quantitative estimate of drug-likeness (QED) is 0.268. The number of aromatic nitrogens is 4. The molecule has 0 aliphatic carbocycles. The number of nitrogens with zero attached hydrogens (tertiary/aromatic N) is 3. The van der Waals surface area contributed by atoms with Gasteiger partial charge in [-0.2, -0.15) is 5.10 Å². The lowest BCUT2D eigenvalue weighted by molar-refractivity contribution is -0.116. The van der Waals surface area contributed by atoms with Gasteiger partial charge in [-0.15, -0.1) is 0 Å². The molecule has 1 amide bonds. The van der Waals surface area contributed by atoms with Crippen molar-refractivity contribution in [3.8, 4) is 22.4 Å². The number of anilines is 2. The van der Waals surface area contributed by atoms with Gasteiger partial charge in [-0.3, -0.25) is 9.89 Å². The number of aromatic amines is 2. The lowest BCUT2D eigenvalue weighted by Gasteiger charge is -2.25. The summed E-state index contributed by atoms with van der Waals surface area (Å²) in [4.78, 5) is 22.9. The number of benzene rings is 2. The van der Waals surface area contributed by atoms with Crippen molar-refractivity contribution in [3.05, 3.63) is 60.8 Å². The largest absolute Gasteiger partial charge is 0.382 e. The zero-order valence-electron chi connectivity index (χ0n) is 20.1. The van der Waals surface area contributed by atoms with E-state index in [1.165, 1.54) is 19.3 Å². The number of piperidine rings is 1. The fraction of sp³-hybridized carbons (Fsp3) is 0.250. The number of hydrogen-bond donors (Lipinski definition) is 4. The van der Waals surface area contributed by atoms with Crippen LogP contribution in [0.15, 0.2) is 60.8 Å². The summed E-state index contributed by atoms with van der Waals surface area (Å²) in [7, 11) is 0. The van der Waals surface area contributed by atoms with Crippen molar-refractivity contribution in [3.63, 3.8) is 0 Å². The summed E-state index contributed by atoms with van der Waals surface area (Å²) in [6, 6.07) is 18.1. The zero-order chi connectivity index (χ0) is 24.5. The van der Waals surface area contributed by atoms with Gasteiger partial charge in [0.05, 0.1) is 5.52 Å². The summed E-state index contributed by atoms with van der Waals surface area (Å²) in [5.41, 5.74) is 12.6. The van der Waals surface area contributed by atoms with Crippen LogP contribution in [-0.2, 0) is 4.79 Å². The number of amides is 1. The molecule has 3 aromatic heterocycles. The number of pyridine rings is 1. The Kier molecular flexibility index (Phi) is 5.87. The summed E-state index contributed by atoms with van der Waals surface area (Å²) >= 11 is 0. The van der Waals surface area contributed by atoms with Crippen LogP contribution in [0.3, 0.4) is 0 Å². The van der Waals surface area contributed by atoms with E-state index in [-0.39, 0.29) is 5.91 Å². The van der Waals surface area contributed by atoms with Crippen LogP contribution in [0.4, 0.5) is 11.5 Å². The molecule has 1 aliphatic rings. The minimum atomic E-state index is 0.0484. The molecular formula is C28H29N7O. The van der Waals surface area contributed by atoms with Crippen LogP contribution < -0.4 is 11.1 Å². The van der Waals surface area contributed by atoms with E-state index in [2.05, 4.69) is 48.6 Å². The highest BCUT2D eigenvalue weighted by molar-refractivity contribution is 6.00. The highest BCUT2D eigenvalue weighted by atomic mass is 16.1. The molecule has 5 N–H and O–H groups in total. The van der Waals surface area contributed by atoms with Gasteiger partial charge in [-0.1, -0.05) is 24.6 Å². The van der Waals surface area contributed by atoms with Gasteiger partial charge < -0.3 is 20.9 Å². The molecular weight excluding hydrogens is 450 g/mol. The van der Waals surface area contributed by atoms with Gasteiger partial charge in [0.1, 0.15) is 5.65 Å². The predicted octanol–water partition coefficient (Wildman–Crippen LogP) is 5.17. The maximum atomic E-state index is 12.6. The normalized spacial score (nSPS) is 14.4. The molecule has 0 saturated carbocycles. The Balaban J connectivity index is 1.24. The smallest absolute Gasteiger partial charge is 0.225 e. The molecule has 8 nitrogen and oxygen atoms in total. The van der Waals surface area contributed by atoms with Crippen LogP contribution in [-0.4, -0.2) is 50.6 Å². The van der Waals surface area contributed by atoms with Crippen molar-refractivity contribution in [1.82, 2.24) is 25.1 Å². The Morgan fingerprint density at radius 1 is 1.00 bits per heavy atom. The van der Waals surface area contributed by atoms with E-state index in [0.29, 0.717) is 12.2 Å². The third-order valence-electron chi connectivity index (χ3n) is 7.00. The van der Waals surface area contributed by atoms with Gasteiger partial charge in [0.2, 0.25) is 5.91 Å². The van der Waals surface area contributed by atoms with Gasteiger partial charge in [0.25, 0.3) is 0 Å². The number of hydrogen-bond acceptors (Lipinski definition) is 5. The molecule has 6 rings (SSSR count). The number of nitrogen functional groups attached to an aromatic ring is 1. The topological polar surface area (TPSA) is 116 Å². The lowest BCUT2D eigenvalue weighted by atomic mass is 10.0. The molecule has 1 aliphatic heterocycles.